The van der Waals surface area contributed by atoms with Gasteiger partial charge in [-0.3, -0.25) is 19.3 Å². The highest BCUT2D eigenvalue weighted by atomic mass is 32.2. The van der Waals surface area contributed by atoms with E-state index in [1.54, 1.807) is 0 Å². The first-order valence-corrected chi connectivity index (χ1v) is 10.4. The number of carboxylic acid groups (broad SMARTS) is 1. The maximum atomic E-state index is 12.6. The van der Waals surface area contributed by atoms with Crippen LogP contribution in [-0.4, -0.2) is 45.2 Å². The summed E-state index contributed by atoms with van der Waals surface area (Å²) in [6, 6.07) is 7.80. The van der Waals surface area contributed by atoms with Gasteiger partial charge in [0, 0.05) is 25.9 Å². The summed E-state index contributed by atoms with van der Waals surface area (Å²) in [7, 11) is 0. The molecule has 2 amide bonds. The second-order valence-electron chi connectivity index (χ2n) is 6.49. The molecule has 1 aromatic carbocycles. The molecule has 0 unspecified atom stereocenters. The van der Waals surface area contributed by atoms with Crippen LogP contribution in [0.3, 0.4) is 0 Å². The number of thioether (sulfide) groups is 1. The number of nitrogens with one attached hydrogen (secondary N) is 1. The van der Waals surface area contributed by atoms with Crippen molar-refractivity contribution in [3.05, 3.63) is 40.3 Å². The zero-order valence-electron chi connectivity index (χ0n) is 15.8. The molecule has 0 atom stereocenters. The van der Waals surface area contributed by atoms with E-state index in [2.05, 4.69) is 5.32 Å². The quantitative estimate of drug-likeness (QED) is 0.343. The Morgan fingerprint density at radius 1 is 1.21 bits per heavy atom. The van der Waals surface area contributed by atoms with E-state index in [1.165, 1.54) is 16.7 Å². The number of carboxylic acids is 1. The minimum atomic E-state index is -0.802. The number of hydrogen-bond donors (Lipinski definition) is 2. The summed E-state index contributed by atoms with van der Waals surface area (Å²) in [4.78, 5) is 37.0. The highest BCUT2D eigenvalue weighted by Gasteiger charge is 2.32. The van der Waals surface area contributed by atoms with E-state index >= 15 is 0 Å². The van der Waals surface area contributed by atoms with Gasteiger partial charge in [-0.2, -0.15) is 0 Å². The van der Waals surface area contributed by atoms with Gasteiger partial charge in [-0.1, -0.05) is 54.7 Å². The molecule has 1 aromatic rings. The normalized spacial score (nSPS) is 15.3. The molecule has 0 saturated carbocycles. The van der Waals surface area contributed by atoms with Crippen LogP contribution in [0.2, 0.25) is 0 Å². The summed E-state index contributed by atoms with van der Waals surface area (Å²) in [5, 5.41) is 11.4. The van der Waals surface area contributed by atoms with Gasteiger partial charge in [-0.25, -0.2) is 0 Å². The Morgan fingerprint density at radius 2 is 1.96 bits per heavy atom. The minimum Gasteiger partial charge on any atom is -0.481 e. The smallest absolute Gasteiger partial charge is 0.303 e. The van der Waals surface area contributed by atoms with Crippen molar-refractivity contribution in [2.75, 3.05) is 13.1 Å². The van der Waals surface area contributed by atoms with Gasteiger partial charge in [0.05, 0.1) is 4.91 Å². The van der Waals surface area contributed by atoms with Crippen LogP contribution in [0.25, 0.3) is 6.08 Å². The van der Waals surface area contributed by atoms with Gasteiger partial charge in [0.1, 0.15) is 4.32 Å². The number of hydrogen-bond acceptors (Lipinski definition) is 5. The molecule has 28 heavy (non-hydrogen) atoms. The van der Waals surface area contributed by atoms with Crippen molar-refractivity contribution in [3.63, 3.8) is 0 Å². The number of aryl methyl sites for hydroxylation is 1. The SMILES string of the molecule is Cc1ccccc1/C=C1\SC(=S)N(CCC(=O)NCCCCCC(=O)O)C1=O. The third kappa shape index (κ3) is 6.76. The van der Waals surface area contributed by atoms with E-state index in [9.17, 15) is 14.4 Å². The lowest BCUT2D eigenvalue weighted by molar-refractivity contribution is -0.137. The molecule has 2 rings (SSSR count). The summed E-state index contributed by atoms with van der Waals surface area (Å²) in [6.07, 6.45) is 4.27. The van der Waals surface area contributed by atoms with Gasteiger partial charge in [0.15, 0.2) is 0 Å². The van der Waals surface area contributed by atoms with Crippen molar-refractivity contribution >= 4 is 52.2 Å². The number of nitrogens with zero attached hydrogens (tertiary/aromatic N) is 1. The van der Waals surface area contributed by atoms with Crippen molar-refractivity contribution in [2.45, 2.75) is 39.0 Å². The highest BCUT2D eigenvalue weighted by molar-refractivity contribution is 8.26. The maximum Gasteiger partial charge on any atom is 0.303 e. The molecule has 0 radical (unpaired) electrons. The third-order valence-corrected chi connectivity index (χ3v) is 5.68. The summed E-state index contributed by atoms with van der Waals surface area (Å²) >= 11 is 6.56. The summed E-state index contributed by atoms with van der Waals surface area (Å²) in [5.74, 6) is -1.11. The minimum absolute atomic E-state index is 0.143. The highest BCUT2D eigenvalue weighted by Crippen LogP contribution is 2.33. The number of benzene rings is 1. The molecular formula is C20H24N2O4S2. The Bertz CT molecular complexity index is 792. The monoisotopic (exact) mass is 420 g/mol. The second-order valence-corrected chi connectivity index (χ2v) is 8.17. The molecule has 0 aromatic heterocycles. The van der Waals surface area contributed by atoms with Gasteiger partial charge < -0.3 is 10.4 Å². The Morgan fingerprint density at radius 3 is 2.68 bits per heavy atom. The summed E-state index contributed by atoms with van der Waals surface area (Å²) < 4.78 is 0.464. The zero-order valence-corrected chi connectivity index (χ0v) is 17.4. The van der Waals surface area contributed by atoms with Crippen molar-refractivity contribution in [1.29, 1.82) is 0 Å². The Labute approximate surface area is 174 Å². The molecule has 1 heterocycles. The number of amides is 2. The van der Waals surface area contributed by atoms with E-state index in [1.807, 2.05) is 37.3 Å². The molecule has 150 valence electrons. The van der Waals surface area contributed by atoms with Crippen molar-refractivity contribution in [1.82, 2.24) is 10.2 Å². The number of unbranched alkanes of at least 4 members (excludes halogenated alkanes) is 2. The first kappa shape index (κ1) is 22.1. The van der Waals surface area contributed by atoms with Crippen molar-refractivity contribution in [3.8, 4) is 0 Å². The predicted octanol–water partition coefficient (Wildman–Crippen LogP) is 3.35. The number of carbonyl (C=O) groups is 3. The van der Waals surface area contributed by atoms with Crippen LogP contribution < -0.4 is 5.32 Å². The first-order chi connectivity index (χ1) is 13.4. The van der Waals surface area contributed by atoms with E-state index in [0.29, 0.717) is 22.2 Å². The Balaban J connectivity index is 1.77. The standard InChI is InChI=1S/C20H24N2O4S2/c1-14-7-4-5-8-15(14)13-16-19(26)22(20(27)28-16)12-10-17(23)21-11-6-2-3-9-18(24)25/h4-5,7-8,13H,2-3,6,9-12H2,1H3,(H,21,23)(H,24,25)/b16-13-. The average Bonchev–Trinajstić information content (AvgIpc) is 2.91. The zero-order chi connectivity index (χ0) is 20.5. The number of carbonyl (C=O) groups excluding carboxylic acids is 2. The Kier molecular flexibility index (Phi) is 8.66. The van der Waals surface area contributed by atoms with Crippen molar-refractivity contribution in [2.24, 2.45) is 0 Å². The summed E-state index contributed by atoms with van der Waals surface area (Å²) in [6.45, 7) is 2.74. The molecule has 1 aliphatic rings. The van der Waals surface area contributed by atoms with Crippen LogP contribution in [-0.2, 0) is 14.4 Å². The fraction of sp³-hybridized carbons (Fsp3) is 0.400. The lowest BCUT2D eigenvalue weighted by Crippen LogP contribution is -2.33. The van der Waals surface area contributed by atoms with E-state index in [-0.39, 0.29) is 31.2 Å². The molecule has 1 aliphatic heterocycles. The van der Waals surface area contributed by atoms with Crippen LogP contribution in [0.1, 0.15) is 43.2 Å². The molecule has 2 N–H and O–H groups in total. The van der Waals surface area contributed by atoms with E-state index in [0.717, 1.165) is 24.0 Å². The van der Waals surface area contributed by atoms with Crippen LogP contribution in [0.15, 0.2) is 29.2 Å². The second kappa shape index (κ2) is 11.0. The lowest BCUT2D eigenvalue weighted by Gasteiger charge is -2.14. The van der Waals surface area contributed by atoms with Gasteiger partial charge in [0.2, 0.25) is 5.91 Å². The molecule has 1 fully saturated rings. The third-order valence-electron chi connectivity index (χ3n) is 4.30. The van der Waals surface area contributed by atoms with Crippen molar-refractivity contribution < 1.29 is 19.5 Å². The Hall–Kier alpha value is -2.19. The molecule has 0 spiro atoms. The fourth-order valence-electron chi connectivity index (χ4n) is 2.69. The van der Waals surface area contributed by atoms with Gasteiger partial charge in [-0.05, 0) is 37.0 Å². The number of thiocarbonyl (C=S) groups is 1. The topological polar surface area (TPSA) is 86.7 Å². The van der Waals surface area contributed by atoms with E-state index < -0.39 is 5.97 Å². The fourth-order valence-corrected chi connectivity index (χ4v) is 3.99. The average molecular weight is 421 g/mol. The van der Waals surface area contributed by atoms with Gasteiger partial charge in [0.25, 0.3) is 5.91 Å². The molecule has 0 aliphatic carbocycles. The largest absolute Gasteiger partial charge is 0.481 e. The molecule has 6 nitrogen and oxygen atoms in total. The predicted molar refractivity (Wildman–Crippen MR) is 115 cm³/mol. The maximum absolute atomic E-state index is 12.6. The van der Waals surface area contributed by atoms with Crippen LogP contribution >= 0.6 is 24.0 Å². The summed E-state index contributed by atoms with van der Waals surface area (Å²) in [5.41, 5.74) is 2.05. The number of rotatable bonds is 10. The number of aliphatic carboxylic acids is 1. The molecular weight excluding hydrogens is 396 g/mol. The molecule has 0 bridgehead atoms. The van der Waals surface area contributed by atoms with Crippen LogP contribution in [0, 0.1) is 6.92 Å². The van der Waals surface area contributed by atoms with E-state index in [4.69, 9.17) is 17.3 Å². The molecule has 1 saturated heterocycles. The van der Waals surface area contributed by atoms with Crippen LogP contribution in [0.4, 0.5) is 0 Å². The van der Waals surface area contributed by atoms with Crippen LogP contribution in [0.5, 0.6) is 0 Å². The lowest BCUT2D eigenvalue weighted by atomic mass is 10.1. The first-order valence-electron chi connectivity index (χ1n) is 9.18. The molecule has 8 heteroatoms. The van der Waals surface area contributed by atoms with Gasteiger partial charge in [-0.15, -0.1) is 0 Å². The van der Waals surface area contributed by atoms with Gasteiger partial charge >= 0.3 is 5.97 Å².